The average Bonchev–Trinajstić information content (AvgIpc) is 3.49. The Balaban J connectivity index is 1.62. The fraction of sp³-hybridized carbons (Fsp3) is 0.579. The topological polar surface area (TPSA) is 102 Å². The van der Waals surface area contributed by atoms with Gasteiger partial charge in [-0.15, -0.1) is 0 Å². The quantitative estimate of drug-likeness (QED) is 0.446. The van der Waals surface area contributed by atoms with Crippen LogP contribution in [0.15, 0.2) is 18.2 Å². The van der Waals surface area contributed by atoms with Crippen molar-refractivity contribution in [2.45, 2.75) is 57.5 Å². The molecule has 2 aliphatic rings. The molecule has 1 saturated carbocycles. The van der Waals surface area contributed by atoms with Crippen LogP contribution in [0.4, 0.5) is 11.4 Å². The first-order chi connectivity index (χ1) is 13.0. The lowest BCUT2D eigenvalue weighted by molar-refractivity contribution is -0.384. The predicted molar refractivity (Wildman–Crippen MR) is 99.7 cm³/mol. The summed E-state index contributed by atoms with van der Waals surface area (Å²) in [5.41, 5.74) is 0.306. The van der Waals surface area contributed by atoms with Crippen LogP contribution in [0.5, 0.6) is 0 Å². The van der Waals surface area contributed by atoms with E-state index < -0.39 is 10.9 Å². The van der Waals surface area contributed by atoms with Crippen molar-refractivity contribution in [1.82, 2.24) is 4.90 Å². The molecule has 1 heterocycles. The average molecular weight is 375 g/mol. The van der Waals surface area contributed by atoms with E-state index in [4.69, 9.17) is 4.74 Å². The van der Waals surface area contributed by atoms with Crippen LogP contribution in [0.3, 0.4) is 0 Å². The minimum atomic E-state index is -0.727. The molecule has 0 bridgehead atoms. The number of nitrogens with one attached hydrogen (secondary N) is 1. The molecule has 3 rings (SSSR count). The van der Waals surface area contributed by atoms with E-state index in [1.54, 1.807) is 4.90 Å². The van der Waals surface area contributed by atoms with Gasteiger partial charge in [-0.05, 0) is 50.7 Å². The highest BCUT2D eigenvalue weighted by Gasteiger charge is 2.28. The molecule has 146 valence electrons. The van der Waals surface area contributed by atoms with Gasteiger partial charge >= 0.3 is 5.97 Å². The zero-order valence-corrected chi connectivity index (χ0v) is 15.5. The molecular formula is C19H25N3O5. The summed E-state index contributed by atoms with van der Waals surface area (Å²) in [5.74, 6) is -0.939. The van der Waals surface area contributed by atoms with Crippen molar-refractivity contribution in [2.75, 3.05) is 18.5 Å². The van der Waals surface area contributed by atoms with Crippen LogP contribution in [-0.2, 0) is 9.53 Å². The fourth-order valence-electron chi connectivity index (χ4n) is 3.43. The summed E-state index contributed by atoms with van der Waals surface area (Å²) in [5, 5.41) is 14.4. The van der Waals surface area contributed by atoms with Gasteiger partial charge in [-0.25, -0.2) is 4.79 Å². The van der Waals surface area contributed by atoms with Gasteiger partial charge in [0.1, 0.15) is 5.69 Å². The SMILES string of the molecule is CC[C@H]1CCCCN1C(=O)COC(=O)c1ccc(NC2CC2)c([N+](=O)[O-])c1. The van der Waals surface area contributed by atoms with Gasteiger partial charge in [0.2, 0.25) is 0 Å². The van der Waals surface area contributed by atoms with E-state index in [2.05, 4.69) is 5.32 Å². The number of piperidine rings is 1. The monoisotopic (exact) mass is 375 g/mol. The summed E-state index contributed by atoms with van der Waals surface area (Å²) < 4.78 is 5.13. The second-order valence-corrected chi connectivity index (χ2v) is 7.13. The Bertz CT molecular complexity index is 732. The normalized spacial score (nSPS) is 19.4. The van der Waals surface area contributed by atoms with Crippen molar-refractivity contribution >= 4 is 23.3 Å². The third-order valence-electron chi connectivity index (χ3n) is 5.11. The lowest BCUT2D eigenvalue weighted by Gasteiger charge is -2.35. The molecule has 8 nitrogen and oxygen atoms in total. The first-order valence-electron chi connectivity index (χ1n) is 9.51. The Morgan fingerprint density at radius 1 is 1.30 bits per heavy atom. The van der Waals surface area contributed by atoms with Gasteiger partial charge in [0.05, 0.1) is 10.5 Å². The first-order valence-corrected chi connectivity index (χ1v) is 9.51. The third kappa shape index (κ3) is 4.75. The largest absolute Gasteiger partial charge is 0.452 e. The van der Waals surface area contributed by atoms with Gasteiger partial charge in [-0.2, -0.15) is 0 Å². The van der Waals surface area contributed by atoms with E-state index in [1.807, 2.05) is 6.92 Å². The molecule has 1 aromatic rings. The molecule has 8 heteroatoms. The minimum Gasteiger partial charge on any atom is -0.452 e. The van der Waals surface area contributed by atoms with Crippen molar-refractivity contribution in [2.24, 2.45) is 0 Å². The number of hydrogen-bond acceptors (Lipinski definition) is 6. The summed E-state index contributed by atoms with van der Waals surface area (Å²) >= 11 is 0. The van der Waals surface area contributed by atoms with Crippen LogP contribution in [0, 0.1) is 10.1 Å². The number of carbonyl (C=O) groups excluding carboxylic acids is 2. The molecule has 0 spiro atoms. The van der Waals surface area contributed by atoms with Gasteiger partial charge in [0.25, 0.3) is 11.6 Å². The Hall–Kier alpha value is -2.64. The van der Waals surface area contributed by atoms with Crippen molar-refractivity contribution < 1.29 is 19.2 Å². The summed E-state index contributed by atoms with van der Waals surface area (Å²) in [7, 11) is 0. The summed E-state index contributed by atoms with van der Waals surface area (Å²) in [4.78, 5) is 37.2. The molecule has 1 atom stereocenters. The molecule has 0 unspecified atom stereocenters. The number of likely N-dealkylation sites (tertiary alicyclic amines) is 1. The molecule has 0 radical (unpaired) electrons. The lowest BCUT2D eigenvalue weighted by atomic mass is 10.00. The number of nitro benzene ring substituents is 1. The maximum absolute atomic E-state index is 12.4. The van der Waals surface area contributed by atoms with Crippen molar-refractivity contribution in [1.29, 1.82) is 0 Å². The Kier molecular flexibility index (Phi) is 5.93. The minimum absolute atomic E-state index is 0.0709. The second-order valence-electron chi connectivity index (χ2n) is 7.13. The highest BCUT2D eigenvalue weighted by Crippen LogP contribution is 2.31. The summed E-state index contributed by atoms with van der Waals surface area (Å²) in [6, 6.07) is 4.66. The number of hydrogen-bond donors (Lipinski definition) is 1. The number of nitro groups is 1. The third-order valence-corrected chi connectivity index (χ3v) is 5.11. The van der Waals surface area contributed by atoms with E-state index in [0.29, 0.717) is 12.2 Å². The molecule has 1 aliphatic heterocycles. The Morgan fingerprint density at radius 3 is 2.74 bits per heavy atom. The lowest BCUT2D eigenvalue weighted by Crippen LogP contribution is -2.45. The molecule has 1 N–H and O–H groups in total. The van der Waals surface area contributed by atoms with Gasteiger partial charge < -0.3 is 15.0 Å². The number of ether oxygens (including phenoxy) is 1. The van der Waals surface area contributed by atoms with Gasteiger partial charge in [-0.3, -0.25) is 14.9 Å². The molecule has 27 heavy (non-hydrogen) atoms. The zero-order valence-electron chi connectivity index (χ0n) is 15.5. The van der Waals surface area contributed by atoms with E-state index in [0.717, 1.165) is 38.5 Å². The van der Waals surface area contributed by atoms with Crippen LogP contribution in [0.1, 0.15) is 55.8 Å². The van der Waals surface area contributed by atoms with Crippen LogP contribution in [-0.4, -0.2) is 46.9 Å². The van der Waals surface area contributed by atoms with Gasteiger partial charge in [-0.1, -0.05) is 6.92 Å². The summed E-state index contributed by atoms with van der Waals surface area (Å²) in [6.07, 6.45) is 5.88. The predicted octanol–water partition coefficient (Wildman–Crippen LogP) is 3.12. The van der Waals surface area contributed by atoms with Crippen LogP contribution in [0.2, 0.25) is 0 Å². The van der Waals surface area contributed by atoms with Crippen molar-refractivity contribution in [3.05, 3.63) is 33.9 Å². The first kappa shape index (κ1) is 19.1. The Labute approximate surface area is 158 Å². The molecule has 1 amide bonds. The number of amides is 1. The van der Waals surface area contributed by atoms with Crippen LogP contribution >= 0.6 is 0 Å². The highest BCUT2D eigenvalue weighted by molar-refractivity contribution is 5.93. The van der Waals surface area contributed by atoms with Crippen molar-refractivity contribution in [3.63, 3.8) is 0 Å². The number of rotatable bonds is 7. The Morgan fingerprint density at radius 2 is 2.07 bits per heavy atom. The number of anilines is 1. The number of nitrogens with zero attached hydrogens (tertiary/aromatic N) is 2. The summed E-state index contributed by atoms with van der Waals surface area (Å²) in [6.45, 7) is 2.38. The van der Waals surface area contributed by atoms with Gasteiger partial charge in [0, 0.05) is 24.7 Å². The zero-order chi connectivity index (χ0) is 19.4. The van der Waals surface area contributed by atoms with Gasteiger partial charge in [0.15, 0.2) is 6.61 Å². The molecule has 1 aromatic carbocycles. The van der Waals surface area contributed by atoms with E-state index in [1.165, 1.54) is 18.2 Å². The molecule has 1 saturated heterocycles. The number of carbonyl (C=O) groups is 2. The van der Waals surface area contributed by atoms with E-state index in [9.17, 15) is 19.7 Å². The standard InChI is InChI=1S/C19H25N3O5/c1-2-15-5-3-4-10-21(15)18(23)12-27-19(24)13-6-9-16(20-14-7-8-14)17(11-13)22(25)26/h6,9,11,14-15,20H,2-5,7-8,10,12H2,1H3/t15-/m0/s1. The number of esters is 1. The molecule has 1 aliphatic carbocycles. The second kappa shape index (κ2) is 8.37. The molecular weight excluding hydrogens is 350 g/mol. The maximum atomic E-state index is 12.4. The van der Waals surface area contributed by atoms with E-state index in [-0.39, 0.29) is 35.8 Å². The van der Waals surface area contributed by atoms with Crippen molar-refractivity contribution in [3.8, 4) is 0 Å². The molecule has 2 fully saturated rings. The van der Waals surface area contributed by atoms with E-state index >= 15 is 0 Å². The van der Waals surface area contributed by atoms with Crippen LogP contribution in [0.25, 0.3) is 0 Å². The maximum Gasteiger partial charge on any atom is 0.338 e. The van der Waals surface area contributed by atoms with Crippen LogP contribution < -0.4 is 5.32 Å². The number of benzene rings is 1. The smallest absolute Gasteiger partial charge is 0.338 e. The molecule has 0 aromatic heterocycles. The fourth-order valence-corrected chi connectivity index (χ4v) is 3.43. The highest BCUT2D eigenvalue weighted by atomic mass is 16.6.